The molecule has 4 nitrogen and oxygen atoms in total. The molecule has 2 aliphatic rings. The quantitative estimate of drug-likeness (QED) is 0.293. The fraction of sp³-hybridized carbons (Fsp3) is 0.345. The molecule has 2 N–H and O–H groups in total. The molecule has 1 aliphatic heterocycles. The predicted octanol–water partition coefficient (Wildman–Crippen LogP) is 6.52. The van der Waals surface area contributed by atoms with E-state index in [4.69, 9.17) is 28.2 Å². The summed E-state index contributed by atoms with van der Waals surface area (Å²) in [6.07, 6.45) is 3.87. The summed E-state index contributed by atoms with van der Waals surface area (Å²) in [5.74, 6) is 1.65. The van der Waals surface area contributed by atoms with Gasteiger partial charge in [-0.05, 0) is 91.9 Å². The van der Waals surface area contributed by atoms with Crippen LogP contribution in [0.4, 0.5) is 0 Å². The van der Waals surface area contributed by atoms with E-state index in [1.807, 2.05) is 24.3 Å². The molecule has 1 aromatic heterocycles. The van der Waals surface area contributed by atoms with Crippen LogP contribution in [0.25, 0.3) is 11.0 Å². The maximum absolute atomic E-state index is 11.4. The molecule has 0 atom stereocenters. The van der Waals surface area contributed by atoms with Crippen LogP contribution in [-0.4, -0.2) is 33.3 Å². The molecule has 0 unspecified atom stereocenters. The Morgan fingerprint density at radius 2 is 1.46 bits per heavy atom. The number of piperidine rings is 1. The molecule has 0 spiro atoms. The van der Waals surface area contributed by atoms with Gasteiger partial charge in [0.1, 0.15) is 5.82 Å². The number of benzene rings is 3. The first-order valence-corrected chi connectivity index (χ1v) is 13.2. The van der Waals surface area contributed by atoms with Crippen LogP contribution in [0, 0.1) is 0 Å². The number of nitrogens with one attached hydrogen (secondary N) is 1. The molecule has 35 heavy (non-hydrogen) atoms. The molecule has 0 radical (unpaired) electrons. The summed E-state index contributed by atoms with van der Waals surface area (Å²) < 4.78 is 2.31. The average molecular weight is 506 g/mol. The zero-order chi connectivity index (χ0) is 24.0. The van der Waals surface area contributed by atoms with Crippen molar-refractivity contribution in [3.8, 4) is 0 Å². The number of nitrogens with zero attached hydrogens (tertiary/aromatic N) is 2. The Hall–Kier alpha value is -2.37. The van der Waals surface area contributed by atoms with Crippen LogP contribution in [0.2, 0.25) is 10.0 Å². The Morgan fingerprint density at radius 3 is 2.03 bits per heavy atom. The summed E-state index contributed by atoms with van der Waals surface area (Å²) >= 11 is 12.4. The summed E-state index contributed by atoms with van der Waals surface area (Å²) in [7, 11) is 0. The first kappa shape index (κ1) is 23.1. The van der Waals surface area contributed by atoms with Crippen molar-refractivity contribution in [2.24, 2.45) is 0 Å². The normalized spacial score (nSPS) is 17.8. The molecular weight excluding hydrogens is 477 g/mol. The number of imidazole rings is 1. The smallest absolute Gasteiger partial charge is 0.113 e. The first-order chi connectivity index (χ1) is 17.0. The van der Waals surface area contributed by atoms with Gasteiger partial charge in [0.05, 0.1) is 23.2 Å². The third kappa shape index (κ3) is 4.73. The number of halogens is 2. The monoisotopic (exact) mass is 505 g/mol. The van der Waals surface area contributed by atoms with Crippen molar-refractivity contribution in [3.63, 3.8) is 0 Å². The topological polar surface area (TPSA) is 50.1 Å². The molecule has 6 rings (SSSR count). The minimum Gasteiger partial charge on any atom is -0.388 e. The van der Waals surface area contributed by atoms with Gasteiger partial charge in [0.25, 0.3) is 0 Å². The maximum Gasteiger partial charge on any atom is 0.113 e. The van der Waals surface area contributed by atoms with Crippen molar-refractivity contribution >= 4 is 34.2 Å². The Kier molecular flexibility index (Phi) is 6.10. The lowest BCUT2D eigenvalue weighted by Gasteiger charge is -2.33. The van der Waals surface area contributed by atoms with E-state index >= 15 is 0 Å². The van der Waals surface area contributed by atoms with Crippen molar-refractivity contribution in [1.29, 1.82) is 0 Å². The van der Waals surface area contributed by atoms with E-state index < -0.39 is 5.60 Å². The first-order valence-electron chi connectivity index (χ1n) is 12.4. The fourth-order valence-electron chi connectivity index (χ4n) is 5.39. The largest absolute Gasteiger partial charge is 0.388 e. The van der Waals surface area contributed by atoms with Gasteiger partial charge >= 0.3 is 0 Å². The highest BCUT2D eigenvalue weighted by molar-refractivity contribution is 6.30. The molecule has 0 amide bonds. The number of aromatic nitrogens is 2. The predicted molar refractivity (Wildman–Crippen MR) is 143 cm³/mol. The number of rotatable bonds is 6. The summed E-state index contributed by atoms with van der Waals surface area (Å²) in [6, 6.07) is 22.7. The molecule has 1 saturated carbocycles. The number of hydrogen-bond donors (Lipinski definition) is 2. The third-order valence-corrected chi connectivity index (χ3v) is 7.97. The second-order valence-electron chi connectivity index (χ2n) is 10.1. The zero-order valence-corrected chi connectivity index (χ0v) is 21.1. The summed E-state index contributed by atoms with van der Waals surface area (Å²) in [6.45, 7) is 2.29. The third-order valence-electron chi connectivity index (χ3n) is 7.47. The fourth-order valence-corrected chi connectivity index (χ4v) is 5.64. The van der Waals surface area contributed by atoms with Crippen molar-refractivity contribution in [3.05, 3.63) is 99.3 Å². The average Bonchev–Trinajstić information content (AvgIpc) is 3.65. The van der Waals surface area contributed by atoms with Crippen molar-refractivity contribution in [2.75, 3.05) is 13.1 Å². The molecule has 3 aromatic carbocycles. The number of aliphatic hydroxyl groups is 1. The minimum absolute atomic E-state index is 0.0311. The molecule has 180 valence electrons. The molecular formula is C29H29Cl2N3O. The maximum atomic E-state index is 11.4. The molecule has 6 heteroatoms. The lowest BCUT2D eigenvalue weighted by Crippen LogP contribution is -2.45. The molecule has 0 bridgehead atoms. The van der Waals surface area contributed by atoms with Gasteiger partial charge in [-0.2, -0.15) is 0 Å². The second kappa shape index (κ2) is 9.25. The van der Waals surface area contributed by atoms with Gasteiger partial charge in [0.2, 0.25) is 0 Å². The minimum atomic E-state index is -0.704. The number of fused-ring (bicyclic) bond motifs is 1. The molecule has 1 aliphatic carbocycles. The standard InChI is InChI=1S/C29H29Cl2N3O/c30-23-8-3-19(4-9-23)27(20-5-10-24(31)11-6-20)22-7-12-25-26(17-22)34(28(33-25)21-1-2-21)18-29(35)13-15-32-16-14-29/h3-12,17,21,27,32,35H,1-2,13-16,18H2. The van der Waals surface area contributed by atoms with E-state index in [1.165, 1.54) is 29.5 Å². The Bertz CT molecular complexity index is 1290. The van der Waals surface area contributed by atoms with E-state index in [0.717, 1.165) is 52.8 Å². The van der Waals surface area contributed by atoms with Gasteiger partial charge in [-0.15, -0.1) is 0 Å². The van der Waals surface area contributed by atoms with Crippen molar-refractivity contribution < 1.29 is 5.11 Å². The van der Waals surface area contributed by atoms with E-state index in [0.29, 0.717) is 12.5 Å². The van der Waals surface area contributed by atoms with Crippen LogP contribution in [0.5, 0.6) is 0 Å². The molecule has 2 heterocycles. The Balaban J connectivity index is 1.48. The highest BCUT2D eigenvalue weighted by Crippen LogP contribution is 2.42. The van der Waals surface area contributed by atoms with Gasteiger partial charge < -0.3 is 15.0 Å². The van der Waals surface area contributed by atoms with E-state index in [-0.39, 0.29) is 5.92 Å². The van der Waals surface area contributed by atoms with Crippen molar-refractivity contribution in [2.45, 2.75) is 49.7 Å². The summed E-state index contributed by atoms with van der Waals surface area (Å²) in [5, 5.41) is 16.2. The van der Waals surface area contributed by atoms with Crippen molar-refractivity contribution in [1.82, 2.24) is 14.9 Å². The lowest BCUT2D eigenvalue weighted by molar-refractivity contribution is -0.00506. The van der Waals surface area contributed by atoms with Gasteiger partial charge in [-0.1, -0.05) is 53.5 Å². The van der Waals surface area contributed by atoms with Crippen LogP contribution >= 0.6 is 23.2 Å². The second-order valence-corrected chi connectivity index (χ2v) is 11.0. The highest BCUT2D eigenvalue weighted by Gasteiger charge is 2.35. The van der Waals surface area contributed by atoms with E-state index in [1.54, 1.807) is 0 Å². The Morgan fingerprint density at radius 1 is 0.886 bits per heavy atom. The van der Waals surface area contributed by atoms with E-state index in [9.17, 15) is 5.11 Å². The van der Waals surface area contributed by atoms with Crippen LogP contribution in [0.15, 0.2) is 66.7 Å². The highest BCUT2D eigenvalue weighted by atomic mass is 35.5. The van der Waals surface area contributed by atoms with Gasteiger partial charge in [-0.3, -0.25) is 0 Å². The zero-order valence-electron chi connectivity index (χ0n) is 19.6. The summed E-state index contributed by atoms with van der Waals surface area (Å²) in [5.41, 5.74) is 4.92. The summed E-state index contributed by atoms with van der Waals surface area (Å²) in [4.78, 5) is 5.04. The SMILES string of the molecule is OC1(Cn2c(C3CC3)nc3ccc(C(c4ccc(Cl)cc4)c4ccc(Cl)cc4)cc32)CCNCC1. The lowest BCUT2D eigenvalue weighted by atomic mass is 9.85. The van der Waals surface area contributed by atoms with Crippen LogP contribution in [-0.2, 0) is 6.54 Å². The molecule has 2 fully saturated rings. The van der Waals surface area contributed by atoms with Crippen LogP contribution in [0.1, 0.15) is 60.0 Å². The van der Waals surface area contributed by atoms with Gasteiger partial charge in [0, 0.05) is 21.9 Å². The molecule has 1 saturated heterocycles. The van der Waals surface area contributed by atoms with Crippen LogP contribution in [0.3, 0.4) is 0 Å². The van der Waals surface area contributed by atoms with E-state index in [2.05, 4.69) is 52.3 Å². The molecule has 4 aromatic rings. The van der Waals surface area contributed by atoms with Gasteiger partial charge in [-0.25, -0.2) is 4.98 Å². The van der Waals surface area contributed by atoms with Gasteiger partial charge in [0.15, 0.2) is 0 Å². The number of hydrogen-bond acceptors (Lipinski definition) is 3. The Labute approximate surface area is 215 Å². The van der Waals surface area contributed by atoms with Crippen LogP contribution < -0.4 is 5.32 Å².